The van der Waals surface area contributed by atoms with Crippen molar-refractivity contribution >= 4 is 21.8 Å². The monoisotopic (exact) mass is 426 g/mol. The van der Waals surface area contributed by atoms with Crippen LogP contribution in [0.5, 0.6) is 0 Å². The van der Waals surface area contributed by atoms with Gasteiger partial charge in [0.05, 0.1) is 5.56 Å². The first-order valence-electron chi connectivity index (χ1n) is 10.0. The van der Waals surface area contributed by atoms with E-state index in [2.05, 4.69) is 19.9 Å². The summed E-state index contributed by atoms with van der Waals surface area (Å²) in [5.74, 6) is -1.02. The summed E-state index contributed by atoms with van der Waals surface area (Å²) in [4.78, 5) is 27.8. The predicted octanol–water partition coefficient (Wildman–Crippen LogP) is 3.32. The first kappa shape index (κ1) is 20.6. The molecule has 0 saturated carbocycles. The zero-order valence-electron chi connectivity index (χ0n) is 17.7. The Balaban J connectivity index is 1.68. The number of benzene rings is 2. The van der Waals surface area contributed by atoms with Gasteiger partial charge in [-0.15, -0.1) is 0 Å². The molecule has 6 nitrogen and oxygen atoms in total. The summed E-state index contributed by atoms with van der Waals surface area (Å²) >= 11 is 0. The Morgan fingerprint density at radius 1 is 1.00 bits per heavy atom. The lowest BCUT2D eigenvalue weighted by Gasteiger charge is -2.41. The highest BCUT2D eigenvalue weighted by molar-refractivity contribution is 7.90. The number of amides is 2. The minimum atomic E-state index is -4.02. The van der Waals surface area contributed by atoms with Gasteiger partial charge in [-0.25, -0.2) is 12.7 Å². The van der Waals surface area contributed by atoms with Crippen LogP contribution in [0.4, 0.5) is 0 Å². The molecule has 4 rings (SSSR count). The second-order valence-corrected chi connectivity index (χ2v) is 11.2. The number of carbonyl (C=O) groups excluding carboxylic acids is 2. The van der Waals surface area contributed by atoms with Crippen LogP contribution in [-0.2, 0) is 26.8 Å². The molecule has 158 valence electrons. The fraction of sp³-hybridized carbons (Fsp3) is 0.391. The molecule has 0 saturated heterocycles. The maximum absolute atomic E-state index is 13.4. The molecule has 0 fully saturated rings. The molecule has 30 heavy (non-hydrogen) atoms. The van der Waals surface area contributed by atoms with Gasteiger partial charge >= 0.3 is 0 Å². The van der Waals surface area contributed by atoms with Crippen molar-refractivity contribution in [1.82, 2.24) is 9.21 Å². The van der Waals surface area contributed by atoms with E-state index < -0.39 is 28.0 Å². The SMILES string of the molecule is CC1(C)CC(C)(C)N(C(=O)CN2C(=O)c3ccccc3S2(=O)=O)Cc2ccccc21. The van der Waals surface area contributed by atoms with E-state index in [4.69, 9.17) is 0 Å². The average molecular weight is 427 g/mol. The van der Waals surface area contributed by atoms with Crippen molar-refractivity contribution in [1.29, 1.82) is 0 Å². The standard InChI is InChI=1S/C23H26N2O4S/c1-22(2)15-23(3,4)24(13-16-9-5-7-11-18(16)22)20(26)14-25-21(27)17-10-6-8-12-19(17)30(25,28)29/h5-12H,13-15H2,1-4H3. The molecule has 2 aromatic carbocycles. The van der Waals surface area contributed by atoms with Crippen molar-refractivity contribution in [2.24, 2.45) is 0 Å². The maximum Gasteiger partial charge on any atom is 0.269 e. The quantitative estimate of drug-likeness (QED) is 0.738. The van der Waals surface area contributed by atoms with Crippen molar-refractivity contribution < 1.29 is 18.0 Å². The van der Waals surface area contributed by atoms with E-state index in [9.17, 15) is 18.0 Å². The minimum Gasteiger partial charge on any atom is -0.332 e. The van der Waals surface area contributed by atoms with Gasteiger partial charge in [0.15, 0.2) is 0 Å². The highest BCUT2D eigenvalue weighted by Gasteiger charge is 2.45. The van der Waals surface area contributed by atoms with Gasteiger partial charge in [0, 0.05) is 12.1 Å². The van der Waals surface area contributed by atoms with Crippen LogP contribution >= 0.6 is 0 Å². The second-order valence-electron chi connectivity index (χ2n) is 9.32. The molecule has 0 radical (unpaired) electrons. The Morgan fingerprint density at radius 2 is 1.63 bits per heavy atom. The zero-order valence-corrected chi connectivity index (χ0v) is 18.5. The second kappa shape index (κ2) is 6.67. The molecule has 0 atom stereocenters. The Hall–Kier alpha value is -2.67. The van der Waals surface area contributed by atoms with E-state index in [0.29, 0.717) is 17.3 Å². The minimum absolute atomic E-state index is 0.0376. The van der Waals surface area contributed by atoms with E-state index >= 15 is 0 Å². The molecule has 2 aromatic rings. The summed E-state index contributed by atoms with van der Waals surface area (Å²) in [5.41, 5.74) is 1.68. The van der Waals surface area contributed by atoms with Crippen LogP contribution in [0.25, 0.3) is 0 Å². The van der Waals surface area contributed by atoms with Crippen LogP contribution in [0.2, 0.25) is 0 Å². The summed E-state index contributed by atoms with van der Waals surface area (Å²) in [7, 11) is -4.02. The van der Waals surface area contributed by atoms with Crippen molar-refractivity contribution in [2.45, 2.75) is 56.5 Å². The molecular weight excluding hydrogens is 400 g/mol. The molecule has 2 amide bonds. The van der Waals surface area contributed by atoms with E-state index in [1.54, 1.807) is 17.0 Å². The molecule has 2 aliphatic heterocycles. The number of hydrogen-bond acceptors (Lipinski definition) is 4. The van der Waals surface area contributed by atoms with Gasteiger partial charge in [0.1, 0.15) is 11.4 Å². The smallest absolute Gasteiger partial charge is 0.269 e. The molecule has 0 aliphatic carbocycles. The van der Waals surface area contributed by atoms with Crippen LogP contribution in [0, 0.1) is 0 Å². The summed E-state index contributed by atoms with van der Waals surface area (Å²) in [6, 6.07) is 14.1. The largest absolute Gasteiger partial charge is 0.332 e. The first-order valence-corrected chi connectivity index (χ1v) is 11.4. The van der Waals surface area contributed by atoms with E-state index in [0.717, 1.165) is 5.56 Å². The zero-order chi connectivity index (χ0) is 21.9. The molecule has 7 heteroatoms. The van der Waals surface area contributed by atoms with Crippen LogP contribution in [0.1, 0.15) is 55.6 Å². The number of nitrogens with zero attached hydrogens (tertiary/aromatic N) is 2. The Bertz CT molecular complexity index is 1150. The Labute approximate surface area is 177 Å². The molecule has 0 unspecified atom stereocenters. The topological polar surface area (TPSA) is 74.8 Å². The van der Waals surface area contributed by atoms with Crippen molar-refractivity contribution in [3.05, 3.63) is 65.2 Å². The van der Waals surface area contributed by atoms with Crippen LogP contribution in [-0.4, -0.2) is 41.5 Å². The third kappa shape index (κ3) is 3.12. The number of fused-ring (bicyclic) bond motifs is 2. The number of carbonyl (C=O) groups is 2. The highest BCUT2D eigenvalue weighted by atomic mass is 32.2. The summed E-state index contributed by atoms with van der Waals surface area (Å²) < 4.78 is 26.5. The van der Waals surface area contributed by atoms with Gasteiger partial charge in [0.2, 0.25) is 5.91 Å². The molecule has 0 bridgehead atoms. The fourth-order valence-corrected chi connectivity index (χ4v) is 6.51. The lowest BCUT2D eigenvalue weighted by molar-refractivity contribution is -0.137. The van der Waals surface area contributed by atoms with Crippen molar-refractivity contribution in [2.75, 3.05) is 6.54 Å². The summed E-state index contributed by atoms with van der Waals surface area (Å²) in [6.07, 6.45) is 0.712. The first-order chi connectivity index (χ1) is 13.9. The van der Waals surface area contributed by atoms with Gasteiger partial charge in [0.25, 0.3) is 15.9 Å². The number of rotatable bonds is 2. The molecule has 2 aliphatic rings. The number of hydrogen-bond donors (Lipinski definition) is 0. The van der Waals surface area contributed by atoms with E-state index in [1.165, 1.54) is 17.7 Å². The third-order valence-electron chi connectivity index (χ3n) is 6.17. The van der Waals surface area contributed by atoms with Gasteiger partial charge in [-0.2, -0.15) is 0 Å². The van der Waals surface area contributed by atoms with Gasteiger partial charge in [-0.1, -0.05) is 50.2 Å². The summed E-state index contributed by atoms with van der Waals surface area (Å²) in [5, 5.41) is 0. The van der Waals surface area contributed by atoms with E-state index in [-0.39, 0.29) is 21.8 Å². The van der Waals surface area contributed by atoms with Gasteiger partial charge in [-0.3, -0.25) is 9.59 Å². The fourth-order valence-electron chi connectivity index (χ4n) is 5.00. The maximum atomic E-state index is 13.4. The molecule has 2 heterocycles. The summed E-state index contributed by atoms with van der Waals surface area (Å²) in [6.45, 7) is 8.18. The van der Waals surface area contributed by atoms with Gasteiger partial charge in [-0.05, 0) is 48.9 Å². The Kier molecular flexibility index (Phi) is 4.58. The van der Waals surface area contributed by atoms with Crippen molar-refractivity contribution in [3.8, 4) is 0 Å². The van der Waals surface area contributed by atoms with Gasteiger partial charge < -0.3 is 4.90 Å². The van der Waals surface area contributed by atoms with Crippen LogP contribution < -0.4 is 0 Å². The molecule has 0 spiro atoms. The van der Waals surface area contributed by atoms with Crippen LogP contribution in [0.3, 0.4) is 0 Å². The normalized spacial score (nSPS) is 21.0. The highest BCUT2D eigenvalue weighted by Crippen LogP contribution is 2.41. The average Bonchev–Trinajstić information content (AvgIpc) is 2.80. The van der Waals surface area contributed by atoms with E-state index in [1.807, 2.05) is 32.0 Å². The molecular formula is C23H26N2O4S. The van der Waals surface area contributed by atoms with Crippen molar-refractivity contribution in [3.63, 3.8) is 0 Å². The number of sulfonamides is 1. The van der Waals surface area contributed by atoms with Crippen LogP contribution in [0.15, 0.2) is 53.4 Å². The third-order valence-corrected chi connectivity index (χ3v) is 7.96. The lowest BCUT2D eigenvalue weighted by Crippen LogP contribution is -2.52. The Morgan fingerprint density at radius 3 is 2.33 bits per heavy atom. The lowest BCUT2D eigenvalue weighted by atomic mass is 9.75. The predicted molar refractivity (Wildman–Crippen MR) is 113 cm³/mol. The molecule has 0 aromatic heterocycles. The molecule has 0 N–H and O–H groups in total.